The van der Waals surface area contributed by atoms with Crippen LogP contribution in [0.4, 0.5) is 0 Å². The first kappa shape index (κ1) is 17.0. The van der Waals surface area contributed by atoms with Gasteiger partial charge in [-0.25, -0.2) is 4.79 Å². The number of carbonyl (C=O) groups is 2. The lowest BCUT2D eigenvalue weighted by molar-refractivity contribution is -0.162. The summed E-state index contributed by atoms with van der Waals surface area (Å²) in [6, 6.07) is 6.50. The van der Waals surface area contributed by atoms with Crippen LogP contribution in [-0.2, 0) is 20.7 Å². The van der Waals surface area contributed by atoms with E-state index in [1.165, 1.54) is 6.07 Å². The van der Waals surface area contributed by atoms with Gasteiger partial charge < -0.3 is 19.0 Å². The summed E-state index contributed by atoms with van der Waals surface area (Å²) in [5, 5.41) is 9.41. The van der Waals surface area contributed by atoms with Crippen LogP contribution in [0, 0.1) is 0 Å². The van der Waals surface area contributed by atoms with Gasteiger partial charge in [0.15, 0.2) is 0 Å². The summed E-state index contributed by atoms with van der Waals surface area (Å²) >= 11 is 0. The number of ether oxygens (including phenoxy) is 2. The zero-order chi connectivity index (χ0) is 18.2. The topological polar surface area (TPSA) is 103 Å². The summed E-state index contributed by atoms with van der Waals surface area (Å²) in [4.78, 5) is 33.8. The number of carboxylic acid groups (broad SMARTS) is 1. The Bertz CT molecular complexity index is 894. The van der Waals surface area contributed by atoms with E-state index >= 15 is 0 Å². The van der Waals surface area contributed by atoms with Crippen LogP contribution >= 0.6 is 0 Å². The second-order valence-electron chi connectivity index (χ2n) is 6.53. The molecule has 0 spiro atoms. The highest BCUT2D eigenvalue weighted by Gasteiger charge is 2.40. The number of hydrogen-bond donors (Lipinski definition) is 1. The van der Waals surface area contributed by atoms with E-state index in [9.17, 15) is 14.4 Å². The van der Waals surface area contributed by atoms with E-state index in [2.05, 4.69) is 0 Å². The molecule has 0 fully saturated rings. The summed E-state index contributed by atoms with van der Waals surface area (Å²) in [6.45, 7) is 3.58. The van der Waals surface area contributed by atoms with Crippen LogP contribution in [0.2, 0.25) is 0 Å². The normalized spacial score (nSPS) is 18.2. The minimum Gasteiger partial charge on any atom is -0.484 e. The molecule has 7 nitrogen and oxygen atoms in total. The van der Waals surface area contributed by atoms with E-state index < -0.39 is 29.3 Å². The van der Waals surface area contributed by atoms with E-state index in [0.29, 0.717) is 17.8 Å². The molecule has 1 atom stereocenters. The Morgan fingerprint density at radius 2 is 2.04 bits per heavy atom. The predicted molar refractivity (Wildman–Crippen MR) is 87.6 cm³/mol. The van der Waals surface area contributed by atoms with Crippen molar-refractivity contribution in [2.45, 2.75) is 44.8 Å². The zero-order valence-electron chi connectivity index (χ0n) is 13.9. The lowest BCUT2D eigenvalue weighted by Crippen LogP contribution is -2.48. The van der Waals surface area contributed by atoms with Crippen molar-refractivity contribution in [3.05, 3.63) is 40.2 Å². The Morgan fingerprint density at radius 3 is 2.76 bits per heavy atom. The molecule has 1 N–H and O–H groups in total. The molecule has 2 aromatic rings. The van der Waals surface area contributed by atoms with Crippen molar-refractivity contribution in [3.8, 4) is 5.75 Å². The highest BCUT2D eigenvalue weighted by molar-refractivity contribution is 5.80. The molecule has 1 aromatic heterocycles. The maximum atomic E-state index is 11.9. The SMILES string of the molecule is CC1(C)Oc2cc3oc(=O)ccc3cc2CC1OC(=O)CCC(=O)O. The van der Waals surface area contributed by atoms with Crippen molar-refractivity contribution in [2.75, 3.05) is 0 Å². The first-order valence-electron chi connectivity index (χ1n) is 7.92. The van der Waals surface area contributed by atoms with Gasteiger partial charge in [0.1, 0.15) is 23.0 Å². The van der Waals surface area contributed by atoms with Gasteiger partial charge in [-0.2, -0.15) is 0 Å². The van der Waals surface area contributed by atoms with Gasteiger partial charge >= 0.3 is 17.6 Å². The number of hydrogen-bond acceptors (Lipinski definition) is 6. The Kier molecular flexibility index (Phi) is 4.24. The molecule has 25 heavy (non-hydrogen) atoms. The number of benzene rings is 1. The van der Waals surface area contributed by atoms with Crippen molar-refractivity contribution in [1.29, 1.82) is 0 Å². The first-order valence-corrected chi connectivity index (χ1v) is 7.92. The largest absolute Gasteiger partial charge is 0.484 e. The fourth-order valence-electron chi connectivity index (χ4n) is 2.80. The maximum absolute atomic E-state index is 11.9. The minimum atomic E-state index is -1.05. The van der Waals surface area contributed by atoms with Gasteiger partial charge in [-0.15, -0.1) is 0 Å². The molecule has 0 radical (unpaired) electrons. The molecule has 1 aliphatic heterocycles. The van der Waals surface area contributed by atoms with E-state index in [4.69, 9.17) is 19.0 Å². The fraction of sp³-hybridized carbons (Fsp3) is 0.389. The average Bonchev–Trinajstić information content (AvgIpc) is 2.51. The third-order valence-corrected chi connectivity index (χ3v) is 4.17. The molecule has 0 saturated carbocycles. The third-order valence-electron chi connectivity index (χ3n) is 4.17. The van der Waals surface area contributed by atoms with Crippen molar-refractivity contribution in [2.24, 2.45) is 0 Å². The third kappa shape index (κ3) is 3.65. The Labute approximate surface area is 143 Å². The number of carboxylic acids is 1. The maximum Gasteiger partial charge on any atom is 0.336 e. The Balaban J connectivity index is 1.85. The van der Waals surface area contributed by atoms with Crippen LogP contribution in [0.25, 0.3) is 11.0 Å². The Hall–Kier alpha value is -2.83. The van der Waals surface area contributed by atoms with Gasteiger partial charge in [-0.1, -0.05) is 0 Å². The zero-order valence-corrected chi connectivity index (χ0v) is 13.9. The summed E-state index contributed by atoms with van der Waals surface area (Å²) in [7, 11) is 0. The second-order valence-corrected chi connectivity index (χ2v) is 6.53. The molecule has 0 bridgehead atoms. The van der Waals surface area contributed by atoms with Crippen molar-refractivity contribution < 1.29 is 28.6 Å². The number of rotatable bonds is 4. The van der Waals surface area contributed by atoms with Crippen molar-refractivity contribution in [3.63, 3.8) is 0 Å². The van der Waals surface area contributed by atoms with Crippen LogP contribution in [-0.4, -0.2) is 28.8 Å². The Morgan fingerprint density at radius 1 is 1.28 bits per heavy atom. The molecule has 7 heteroatoms. The molecule has 2 heterocycles. The molecule has 132 valence electrons. The second kappa shape index (κ2) is 6.23. The quantitative estimate of drug-likeness (QED) is 0.669. The van der Waals surface area contributed by atoms with Gasteiger partial charge in [0, 0.05) is 23.9 Å². The van der Waals surface area contributed by atoms with Gasteiger partial charge in [0.2, 0.25) is 0 Å². The highest BCUT2D eigenvalue weighted by Crippen LogP contribution is 2.37. The van der Waals surface area contributed by atoms with Crippen molar-refractivity contribution in [1.82, 2.24) is 0 Å². The minimum absolute atomic E-state index is 0.183. The van der Waals surface area contributed by atoms with Crippen molar-refractivity contribution >= 4 is 22.9 Å². The van der Waals surface area contributed by atoms with Gasteiger partial charge in [0.25, 0.3) is 0 Å². The molecule has 3 rings (SSSR count). The molecule has 1 unspecified atom stereocenters. The number of fused-ring (bicyclic) bond motifs is 2. The van der Waals surface area contributed by atoms with Gasteiger partial charge in [-0.05, 0) is 31.5 Å². The average molecular weight is 346 g/mol. The summed E-state index contributed by atoms with van der Waals surface area (Å²) in [6.07, 6.45) is -0.574. The lowest BCUT2D eigenvalue weighted by Gasteiger charge is -2.39. The summed E-state index contributed by atoms with van der Waals surface area (Å²) < 4.78 is 16.6. The summed E-state index contributed by atoms with van der Waals surface area (Å²) in [5.74, 6) is -1.04. The van der Waals surface area contributed by atoms with E-state index in [0.717, 1.165) is 10.9 Å². The van der Waals surface area contributed by atoms with E-state index in [-0.39, 0.29) is 12.8 Å². The van der Waals surface area contributed by atoms with E-state index in [1.807, 2.05) is 6.07 Å². The molecule has 1 aromatic carbocycles. The number of aliphatic carboxylic acids is 1. The molecule has 0 amide bonds. The molecule has 0 saturated heterocycles. The molecular weight excluding hydrogens is 328 g/mol. The molecule has 1 aliphatic rings. The lowest BCUT2D eigenvalue weighted by atomic mass is 9.90. The standard InChI is InChI=1S/C18H18O7/c1-18(2)14(24-17(22)6-4-15(19)20)8-11-7-10-3-5-16(21)23-12(10)9-13(11)25-18/h3,5,7,9,14H,4,6,8H2,1-2H3,(H,19,20). The van der Waals surface area contributed by atoms with Gasteiger partial charge in [-0.3, -0.25) is 9.59 Å². The molecule has 0 aliphatic carbocycles. The van der Waals surface area contributed by atoms with Crippen LogP contribution in [0.15, 0.2) is 33.5 Å². The number of esters is 1. The smallest absolute Gasteiger partial charge is 0.336 e. The van der Waals surface area contributed by atoms with Crippen LogP contribution in [0.5, 0.6) is 5.75 Å². The predicted octanol–water partition coefficient (Wildman–Crippen LogP) is 2.28. The van der Waals surface area contributed by atoms with Gasteiger partial charge in [0.05, 0.1) is 12.8 Å². The van der Waals surface area contributed by atoms with Crippen LogP contribution in [0.1, 0.15) is 32.3 Å². The van der Waals surface area contributed by atoms with E-state index in [1.54, 1.807) is 26.0 Å². The van der Waals surface area contributed by atoms with Crippen LogP contribution < -0.4 is 10.4 Å². The highest BCUT2D eigenvalue weighted by atomic mass is 16.6. The number of carbonyl (C=O) groups excluding carboxylic acids is 1. The summed E-state index contributed by atoms with van der Waals surface area (Å²) in [5.41, 5.74) is 0.0256. The monoisotopic (exact) mass is 346 g/mol. The molecular formula is C18H18O7. The first-order chi connectivity index (χ1) is 11.7. The fourth-order valence-corrected chi connectivity index (χ4v) is 2.80. The van der Waals surface area contributed by atoms with Crippen LogP contribution in [0.3, 0.4) is 0 Å².